The standard InChI is InChI=1S/C13H10N4/c14-13-8-7-10(4-3-9-16-17-15)11-5-1-2-6-12(11)13/h1-2,5-8H,9,14H2. The van der Waals surface area contributed by atoms with Gasteiger partial charge in [-0.2, -0.15) is 0 Å². The zero-order chi connectivity index (χ0) is 12.1. The van der Waals surface area contributed by atoms with Gasteiger partial charge in [-0.15, -0.1) is 0 Å². The highest BCUT2D eigenvalue weighted by Crippen LogP contribution is 2.23. The first-order valence-corrected chi connectivity index (χ1v) is 5.10. The van der Waals surface area contributed by atoms with E-state index in [9.17, 15) is 0 Å². The molecule has 0 aliphatic carbocycles. The van der Waals surface area contributed by atoms with Crippen molar-refractivity contribution < 1.29 is 0 Å². The highest BCUT2D eigenvalue weighted by atomic mass is 15.1. The summed E-state index contributed by atoms with van der Waals surface area (Å²) in [5, 5.41) is 5.37. The van der Waals surface area contributed by atoms with Crippen molar-refractivity contribution in [3.63, 3.8) is 0 Å². The molecule has 0 amide bonds. The molecule has 2 aromatic rings. The molecule has 0 fully saturated rings. The smallest absolute Gasteiger partial charge is 0.0880 e. The van der Waals surface area contributed by atoms with Gasteiger partial charge in [0.05, 0.1) is 6.54 Å². The van der Waals surface area contributed by atoms with Crippen molar-refractivity contribution in [3.05, 3.63) is 52.4 Å². The van der Waals surface area contributed by atoms with Crippen LogP contribution in [0.15, 0.2) is 41.5 Å². The maximum Gasteiger partial charge on any atom is 0.0880 e. The first-order chi connectivity index (χ1) is 8.33. The van der Waals surface area contributed by atoms with Gasteiger partial charge >= 0.3 is 0 Å². The van der Waals surface area contributed by atoms with E-state index in [1.165, 1.54) is 0 Å². The molecule has 0 unspecified atom stereocenters. The lowest BCUT2D eigenvalue weighted by Gasteiger charge is -2.03. The molecule has 2 N–H and O–H groups in total. The second-order valence-electron chi connectivity index (χ2n) is 3.44. The maximum absolute atomic E-state index is 8.15. The van der Waals surface area contributed by atoms with Crippen LogP contribution in [0.5, 0.6) is 0 Å². The fourth-order valence-electron chi connectivity index (χ4n) is 1.63. The van der Waals surface area contributed by atoms with Crippen molar-refractivity contribution >= 4 is 16.5 Å². The minimum Gasteiger partial charge on any atom is -0.398 e. The van der Waals surface area contributed by atoms with Crippen molar-refractivity contribution in [2.24, 2.45) is 5.11 Å². The topological polar surface area (TPSA) is 74.8 Å². The Morgan fingerprint density at radius 2 is 1.94 bits per heavy atom. The molecule has 0 atom stereocenters. The van der Waals surface area contributed by atoms with E-state index in [1.54, 1.807) is 0 Å². The average Bonchev–Trinajstić information content (AvgIpc) is 2.37. The number of nitrogens with two attached hydrogens (primary N) is 1. The Hall–Kier alpha value is -2.63. The Labute approximate surface area is 98.7 Å². The van der Waals surface area contributed by atoms with Crippen molar-refractivity contribution in [3.8, 4) is 11.8 Å². The number of hydrogen-bond donors (Lipinski definition) is 1. The quantitative estimate of drug-likeness (QED) is 0.260. The van der Waals surface area contributed by atoms with Crippen molar-refractivity contribution in [2.45, 2.75) is 0 Å². The maximum atomic E-state index is 8.15. The van der Waals surface area contributed by atoms with Gasteiger partial charge in [0.2, 0.25) is 0 Å². The third kappa shape index (κ3) is 2.31. The van der Waals surface area contributed by atoms with Gasteiger partial charge in [0.15, 0.2) is 0 Å². The molecule has 4 nitrogen and oxygen atoms in total. The van der Waals surface area contributed by atoms with Gasteiger partial charge in [-0.05, 0) is 23.1 Å². The van der Waals surface area contributed by atoms with E-state index < -0.39 is 0 Å². The number of nitrogen functional groups attached to an aromatic ring is 1. The number of anilines is 1. The molecule has 17 heavy (non-hydrogen) atoms. The molecule has 0 aliphatic rings. The van der Waals surface area contributed by atoms with E-state index in [4.69, 9.17) is 11.3 Å². The third-order valence-corrected chi connectivity index (χ3v) is 2.39. The predicted octanol–water partition coefficient (Wildman–Crippen LogP) is 3.08. The Balaban J connectivity index is 2.50. The van der Waals surface area contributed by atoms with E-state index in [2.05, 4.69) is 21.9 Å². The summed E-state index contributed by atoms with van der Waals surface area (Å²) in [5.74, 6) is 5.78. The van der Waals surface area contributed by atoms with Gasteiger partial charge in [0.1, 0.15) is 0 Å². The Kier molecular flexibility index (Phi) is 3.15. The van der Waals surface area contributed by atoms with E-state index in [0.29, 0.717) is 0 Å². The van der Waals surface area contributed by atoms with Crippen LogP contribution in [0.25, 0.3) is 21.2 Å². The number of benzene rings is 2. The number of nitrogens with zero attached hydrogens (tertiary/aromatic N) is 3. The summed E-state index contributed by atoms with van der Waals surface area (Å²) in [6.45, 7) is 0.176. The molecular weight excluding hydrogens is 212 g/mol. The van der Waals surface area contributed by atoms with Crippen molar-refractivity contribution in [1.29, 1.82) is 0 Å². The summed E-state index contributed by atoms with van der Waals surface area (Å²) in [4.78, 5) is 2.65. The average molecular weight is 222 g/mol. The number of hydrogen-bond acceptors (Lipinski definition) is 2. The van der Waals surface area contributed by atoms with E-state index in [-0.39, 0.29) is 6.54 Å². The van der Waals surface area contributed by atoms with Crippen molar-refractivity contribution in [1.82, 2.24) is 0 Å². The molecular formula is C13H10N4. The lowest BCUT2D eigenvalue weighted by Crippen LogP contribution is -1.88. The first-order valence-electron chi connectivity index (χ1n) is 5.10. The monoisotopic (exact) mass is 222 g/mol. The van der Waals surface area contributed by atoms with Gasteiger partial charge in [-0.1, -0.05) is 41.2 Å². The fraction of sp³-hybridized carbons (Fsp3) is 0.0769. The SMILES string of the molecule is [N-]=[N+]=NCC#Cc1ccc(N)c2ccccc12. The van der Waals surface area contributed by atoms with Crippen LogP contribution in [-0.4, -0.2) is 6.54 Å². The second-order valence-corrected chi connectivity index (χ2v) is 3.44. The second kappa shape index (κ2) is 4.93. The minimum absolute atomic E-state index is 0.176. The van der Waals surface area contributed by atoms with E-state index >= 15 is 0 Å². The van der Waals surface area contributed by atoms with Crippen LogP contribution in [0, 0.1) is 11.8 Å². The predicted molar refractivity (Wildman–Crippen MR) is 69.3 cm³/mol. The van der Waals surface area contributed by atoms with Crippen LogP contribution in [0.3, 0.4) is 0 Å². The van der Waals surface area contributed by atoms with Gasteiger partial charge in [0.25, 0.3) is 0 Å². The molecule has 0 saturated heterocycles. The van der Waals surface area contributed by atoms with Gasteiger partial charge < -0.3 is 5.73 Å². The molecule has 0 heterocycles. The highest BCUT2D eigenvalue weighted by Gasteiger charge is 2.00. The van der Waals surface area contributed by atoms with E-state index in [0.717, 1.165) is 22.0 Å². The minimum atomic E-state index is 0.176. The van der Waals surface area contributed by atoms with Crippen molar-refractivity contribution in [2.75, 3.05) is 12.3 Å². The summed E-state index contributed by atoms with van der Waals surface area (Å²) in [6, 6.07) is 11.5. The summed E-state index contributed by atoms with van der Waals surface area (Å²) in [5.41, 5.74) is 15.7. The van der Waals surface area contributed by atoms with Crippen LogP contribution in [-0.2, 0) is 0 Å². The van der Waals surface area contributed by atoms with Gasteiger partial charge in [-0.25, -0.2) is 0 Å². The molecule has 0 aliphatic heterocycles. The normalized spacial score (nSPS) is 9.18. The molecule has 0 radical (unpaired) electrons. The summed E-state index contributed by atoms with van der Waals surface area (Å²) >= 11 is 0. The Morgan fingerprint density at radius 3 is 2.71 bits per heavy atom. The molecule has 0 bridgehead atoms. The molecule has 2 aromatic carbocycles. The first kappa shape index (κ1) is 10.9. The molecule has 82 valence electrons. The zero-order valence-electron chi connectivity index (χ0n) is 9.09. The van der Waals surface area contributed by atoms with Gasteiger partial charge in [-0.3, -0.25) is 0 Å². The lowest BCUT2D eigenvalue weighted by molar-refractivity contribution is 1.25. The van der Waals surface area contributed by atoms with Gasteiger partial charge in [0, 0.05) is 21.5 Å². The third-order valence-electron chi connectivity index (χ3n) is 2.39. The number of rotatable bonds is 1. The Morgan fingerprint density at radius 1 is 1.18 bits per heavy atom. The highest BCUT2D eigenvalue weighted by molar-refractivity contribution is 5.96. The largest absolute Gasteiger partial charge is 0.398 e. The molecule has 2 rings (SSSR count). The van der Waals surface area contributed by atoms with E-state index in [1.807, 2.05) is 36.4 Å². The van der Waals surface area contributed by atoms with Crippen LogP contribution in [0.4, 0.5) is 5.69 Å². The van der Waals surface area contributed by atoms with Crippen LogP contribution in [0.1, 0.15) is 5.56 Å². The summed E-state index contributed by atoms with van der Waals surface area (Å²) in [7, 11) is 0. The summed E-state index contributed by atoms with van der Waals surface area (Å²) in [6.07, 6.45) is 0. The number of azide groups is 1. The van der Waals surface area contributed by atoms with Crippen LogP contribution >= 0.6 is 0 Å². The molecule has 4 heteroatoms. The van der Waals surface area contributed by atoms with Crippen LogP contribution < -0.4 is 5.73 Å². The fourth-order valence-corrected chi connectivity index (χ4v) is 1.63. The number of fused-ring (bicyclic) bond motifs is 1. The zero-order valence-corrected chi connectivity index (χ0v) is 9.09. The summed E-state index contributed by atoms with van der Waals surface area (Å²) < 4.78 is 0. The Bertz CT molecular complexity index is 658. The molecule has 0 saturated carbocycles. The molecule has 0 spiro atoms. The van der Waals surface area contributed by atoms with Crippen LogP contribution in [0.2, 0.25) is 0 Å². The lowest BCUT2D eigenvalue weighted by atomic mass is 10.0. The molecule has 0 aromatic heterocycles.